The van der Waals surface area contributed by atoms with E-state index in [4.69, 9.17) is 25.9 Å². The van der Waals surface area contributed by atoms with Crippen molar-refractivity contribution in [1.29, 1.82) is 0 Å². The molecule has 0 amide bonds. The van der Waals surface area contributed by atoms with Crippen molar-refractivity contribution in [3.05, 3.63) is 0 Å². The van der Waals surface area contributed by atoms with E-state index in [1.807, 2.05) is 0 Å². The average molecular weight is 258 g/mol. The SMILES string of the molecule is NC(CCCC[B]O)(CCCCB(O)O)C(=O)O. The van der Waals surface area contributed by atoms with E-state index in [9.17, 15) is 4.79 Å². The van der Waals surface area contributed by atoms with Crippen molar-refractivity contribution in [3.8, 4) is 0 Å². The molecule has 0 aliphatic carbocycles. The standard InChI is InChI=1S/C10H22B2NO5/c13-10(9(14)15,5-1-3-7-11-16)6-2-4-8-12(17)18/h16-18H,1-8,13H2,(H,14,15). The van der Waals surface area contributed by atoms with Gasteiger partial charge in [-0.3, -0.25) is 4.79 Å². The summed E-state index contributed by atoms with van der Waals surface area (Å²) in [5, 5.41) is 35.0. The van der Waals surface area contributed by atoms with Crippen LogP contribution >= 0.6 is 0 Å². The largest absolute Gasteiger partial charge is 0.480 e. The molecule has 0 heterocycles. The van der Waals surface area contributed by atoms with E-state index in [2.05, 4.69) is 0 Å². The minimum absolute atomic E-state index is 0.231. The van der Waals surface area contributed by atoms with Crippen LogP contribution in [0.25, 0.3) is 0 Å². The Bertz CT molecular complexity index is 242. The number of rotatable bonds is 11. The van der Waals surface area contributed by atoms with E-state index in [0.717, 1.165) is 7.48 Å². The van der Waals surface area contributed by atoms with Crippen LogP contribution < -0.4 is 5.73 Å². The van der Waals surface area contributed by atoms with Crippen LogP contribution in [0.15, 0.2) is 0 Å². The summed E-state index contributed by atoms with van der Waals surface area (Å²) in [4.78, 5) is 11.1. The van der Waals surface area contributed by atoms with Gasteiger partial charge in [-0.1, -0.05) is 32.0 Å². The first-order valence-corrected chi connectivity index (χ1v) is 6.26. The predicted octanol–water partition coefficient (Wildman–Crippen LogP) is -0.388. The maximum atomic E-state index is 11.1. The van der Waals surface area contributed by atoms with Gasteiger partial charge in [0.05, 0.1) is 0 Å². The van der Waals surface area contributed by atoms with Gasteiger partial charge >= 0.3 is 13.1 Å². The van der Waals surface area contributed by atoms with Crippen LogP contribution in [0.1, 0.15) is 38.5 Å². The molecule has 6 nitrogen and oxygen atoms in total. The van der Waals surface area contributed by atoms with Crippen LogP contribution in [0.4, 0.5) is 0 Å². The number of aliphatic carboxylic acids is 1. The van der Waals surface area contributed by atoms with Crippen molar-refractivity contribution in [2.45, 2.75) is 56.7 Å². The minimum atomic E-state index is -1.35. The summed E-state index contributed by atoms with van der Waals surface area (Å²) in [6, 6.07) is 0. The van der Waals surface area contributed by atoms with Crippen LogP contribution in [0.5, 0.6) is 0 Å². The number of unbranched alkanes of at least 4 members (excludes halogenated alkanes) is 2. The molecular formula is C10H22B2NO5. The Morgan fingerprint density at radius 2 is 1.72 bits per heavy atom. The Hall–Kier alpha value is -0.560. The summed E-state index contributed by atoms with van der Waals surface area (Å²) in [5.74, 6) is -1.03. The second-order valence-corrected chi connectivity index (χ2v) is 4.62. The summed E-state index contributed by atoms with van der Waals surface area (Å²) in [5.41, 5.74) is 4.59. The van der Waals surface area contributed by atoms with Crippen molar-refractivity contribution in [3.63, 3.8) is 0 Å². The molecule has 0 fully saturated rings. The Labute approximate surface area is 109 Å². The fraction of sp³-hybridized carbons (Fsp3) is 0.900. The summed E-state index contributed by atoms with van der Waals surface area (Å²) < 4.78 is 0. The number of carboxylic acid groups (broad SMARTS) is 1. The lowest BCUT2D eigenvalue weighted by Gasteiger charge is -2.24. The summed E-state index contributed by atoms with van der Waals surface area (Å²) >= 11 is 0. The van der Waals surface area contributed by atoms with Crippen LogP contribution in [-0.2, 0) is 4.79 Å². The Morgan fingerprint density at radius 1 is 1.17 bits per heavy atom. The van der Waals surface area contributed by atoms with Gasteiger partial charge in [0.25, 0.3) is 7.48 Å². The quantitative estimate of drug-likeness (QED) is 0.254. The molecule has 0 rings (SSSR count). The van der Waals surface area contributed by atoms with Gasteiger partial charge in [0.1, 0.15) is 5.54 Å². The molecule has 0 aliphatic heterocycles. The molecule has 8 heteroatoms. The highest BCUT2D eigenvalue weighted by atomic mass is 16.4. The summed E-state index contributed by atoms with van der Waals surface area (Å²) in [6.07, 6.45) is 3.87. The van der Waals surface area contributed by atoms with E-state index in [0.29, 0.717) is 44.8 Å². The third-order valence-corrected chi connectivity index (χ3v) is 2.97. The predicted molar refractivity (Wildman–Crippen MR) is 70.0 cm³/mol. The average Bonchev–Trinajstić information content (AvgIpc) is 2.30. The summed E-state index contributed by atoms with van der Waals surface area (Å²) in [7, 11) is -0.288. The number of nitrogens with two attached hydrogens (primary N) is 1. The molecule has 0 spiro atoms. The molecule has 1 unspecified atom stereocenters. The van der Waals surface area contributed by atoms with E-state index in [-0.39, 0.29) is 6.32 Å². The first-order chi connectivity index (χ1) is 8.42. The molecule has 1 radical (unpaired) electrons. The number of carbonyl (C=O) groups is 1. The van der Waals surface area contributed by atoms with E-state index in [1.165, 1.54) is 0 Å². The first-order valence-electron chi connectivity index (χ1n) is 6.26. The molecule has 1 atom stereocenters. The molecular weight excluding hydrogens is 236 g/mol. The van der Waals surface area contributed by atoms with Crippen molar-refractivity contribution in [2.24, 2.45) is 5.73 Å². The van der Waals surface area contributed by atoms with Crippen LogP contribution in [0, 0.1) is 0 Å². The zero-order chi connectivity index (χ0) is 14.0. The van der Waals surface area contributed by atoms with Crippen LogP contribution in [0.3, 0.4) is 0 Å². The van der Waals surface area contributed by atoms with Gasteiger partial charge in [0, 0.05) is 0 Å². The Kier molecular flexibility index (Phi) is 9.09. The van der Waals surface area contributed by atoms with Gasteiger partial charge < -0.3 is 25.9 Å². The second-order valence-electron chi connectivity index (χ2n) is 4.62. The minimum Gasteiger partial charge on any atom is -0.480 e. The molecule has 0 aromatic carbocycles. The second kappa shape index (κ2) is 9.38. The van der Waals surface area contributed by atoms with Crippen LogP contribution in [0.2, 0.25) is 12.6 Å². The third kappa shape index (κ3) is 7.71. The zero-order valence-electron chi connectivity index (χ0n) is 10.6. The first kappa shape index (κ1) is 17.4. The Morgan fingerprint density at radius 3 is 2.17 bits per heavy atom. The molecule has 0 saturated carbocycles. The maximum Gasteiger partial charge on any atom is 0.451 e. The smallest absolute Gasteiger partial charge is 0.451 e. The lowest BCUT2D eigenvalue weighted by molar-refractivity contribution is -0.144. The highest BCUT2D eigenvalue weighted by Gasteiger charge is 2.32. The number of carboxylic acids is 1. The molecule has 0 aliphatic rings. The highest BCUT2D eigenvalue weighted by Crippen LogP contribution is 2.20. The van der Waals surface area contributed by atoms with Gasteiger partial charge in [-0.2, -0.15) is 0 Å². The lowest BCUT2D eigenvalue weighted by Crippen LogP contribution is -2.47. The fourth-order valence-electron chi connectivity index (χ4n) is 1.78. The molecule has 6 N–H and O–H groups in total. The van der Waals surface area contributed by atoms with Crippen molar-refractivity contribution < 1.29 is 25.0 Å². The van der Waals surface area contributed by atoms with Crippen molar-refractivity contribution >= 4 is 20.6 Å². The maximum absolute atomic E-state index is 11.1. The van der Waals surface area contributed by atoms with Crippen molar-refractivity contribution in [1.82, 2.24) is 0 Å². The van der Waals surface area contributed by atoms with E-state index < -0.39 is 18.6 Å². The number of hydrogen-bond donors (Lipinski definition) is 5. The molecule has 0 saturated heterocycles. The van der Waals surface area contributed by atoms with Crippen LogP contribution in [-0.4, -0.2) is 46.3 Å². The monoisotopic (exact) mass is 258 g/mol. The fourth-order valence-corrected chi connectivity index (χ4v) is 1.78. The van der Waals surface area contributed by atoms with Crippen molar-refractivity contribution in [2.75, 3.05) is 0 Å². The van der Waals surface area contributed by atoms with Gasteiger partial charge in [-0.25, -0.2) is 0 Å². The molecule has 0 bridgehead atoms. The normalized spacial score (nSPS) is 14.0. The highest BCUT2D eigenvalue weighted by molar-refractivity contribution is 6.40. The molecule has 0 aromatic rings. The number of hydrogen-bond acceptors (Lipinski definition) is 5. The van der Waals surface area contributed by atoms with Gasteiger partial charge in [0.2, 0.25) is 0 Å². The molecule has 103 valence electrons. The van der Waals surface area contributed by atoms with Gasteiger partial charge in [-0.05, 0) is 19.2 Å². The molecule has 18 heavy (non-hydrogen) atoms. The summed E-state index contributed by atoms with van der Waals surface area (Å²) in [6.45, 7) is 0. The van der Waals surface area contributed by atoms with Gasteiger partial charge in [0.15, 0.2) is 0 Å². The lowest BCUT2D eigenvalue weighted by atomic mass is 9.80. The Balaban J connectivity index is 3.98. The van der Waals surface area contributed by atoms with E-state index >= 15 is 0 Å². The zero-order valence-corrected chi connectivity index (χ0v) is 10.6. The topological polar surface area (TPSA) is 124 Å². The van der Waals surface area contributed by atoms with Gasteiger partial charge in [-0.15, -0.1) is 0 Å². The van der Waals surface area contributed by atoms with E-state index in [1.54, 1.807) is 0 Å². The molecule has 0 aromatic heterocycles. The third-order valence-electron chi connectivity index (χ3n) is 2.97.